The van der Waals surface area contributed by atoms with Crippen molar-refractivity contribution < 1.29 is 4.74 Å². The molecule has 18 heavy (non-hydrogen) atoms. The van der Waals surface area contributed by atoms with Gasteiger partial charge in [0.05, 0.1) is 17.2 Å². The lowest BCUT2D eigenvalue weighted by Gasteiger charge is -2.27. The van der Waals surface area contributed by atoms with Crippen molar-refractivity contribution >= 4 is 11.3 Å². The first-order valence-corrected chi connectivity index (χ1v) is 7.43. The Balaban J connectivity index is 2.08. The van der Waals surface area contributed by atoms with Gasteiger partial charge in [-0.2, -0.15) is 0 Å². The number of aryl methyl sites for hydroxylation is 1. The molecule has 1 aliphatic heterocycles. The fourth-order valence-corrected chi connectivity index (χ4v) is 3.81. The van der Waals surface area contributed by atoms with Gasteiger partial charge in [0.25, 0.3) is 0 Å². The molecule has 2 rings (SSSR count). The molecule has 5 heteroatoms. The Bertz CT molecular complexity index is 395. The van der Waals surface area contributed by atoms with Crippen LogP contribution in [0.1, 0.15) is 31.5 Å². The van der Waals surface area contributed by atoms with Crippen molar-refractivity contribution in [1.82, 2.24) is 10.4 Å². The summed E-state index contributed by atoms with van der Waals surface area (Å²) in [4.78, 5) is 4.52. The zero-order valence-corrected chi connectivity index (χ0v) is 12.3. The number of hydrogen-bond donors (Lipinski definition) is 2. The minimum absolute atomic E-state index is 0.227. The smallest absolute Gasteiger partial charge is 0.0944 e. The molecule has 1 aliphatic rings. The quantitative estimate of drug-likeness (QED) is 0.647. The third-order valence-corrected chi connectivity index (χ3v) is 5.05. The van der Waals surface area contributed by atoms with Gasteiger partial charge in [-0.1, -0.05) is 6.92 Å². The number of hydrogen-bond acceptors (Lipinski definition) is 5. The van der Waals surface area contributed by atoms with Crippen molar-refractivity contribution in [3.8, 4) is 0 Å². The van der Waals surface area contributed by atoms with Crippen molar-refractivity contribution in [3.63, 3.8) is 0 Å². The van der Waals surface area contributed by atoms with Gasteiger partial charge < -0.3 is 4.74 Å². The van der Waals surface area contributed by atoms with Crippen LogP contribution >= 0.6 is 11.3 Å². The first kappa shape index (κ1) is 13.9. The average molecular weight is 269 g/mol. The maximum atomic E-state index is 5.90. The molecule has 0 radical (unpaired) electrons. The zero-order chi connectivity index (χ0) is 13.3. The molecule has 1 saturated heterocycles. The lowest BCUT2D eigenvalue weighted by atomic mass is 9.82. The van der Waals surface area contributed by atoms with Crippen LogP contribution in [-0.4, -0.2) is 23.2 Å². The Morgan fingerprint density at radius 1 is 1.44 bits per heavy atom. The van der Waals surface area contributed by atoms with E-state index in [2.05, 4.69) is 36.6 Å². The van der Waals surface area contributed by atoms with Gasteiger partial charge in [-0.05, 0) is 26.7 Å². The van der Waals surface area contributed by atoms with Crippen molar-refractivity contribution in [3.05, 3.63) is 16.1 Å². The van der Waals surface area contributed by atoms with Gasteiger partial charge in [-0.3, -0.25) is 11.3 Å². The van der Waals surface area contributed by atoms with Gasteiger partial charge in [0, 0.05) is 29.5 Å². The summed E-state index contributed by atoms with van der Waals surface area (Å²) in [7, 11) is 0. The maximum absolute atomic E-state index is 5.90. The Kier molecular flexibility index (Phi) is 4.37. The number of nitrogens with one attached hydrogen (secondary N) is 1. The first-order valence-electron chi connectivity index (χ1n) is 6.55. The van der Waals surface area contributed by atoms with E-state index in [0.29, 0.717) is 17.9 Å². The average Bonchev–Trinajstić information content (AvgIpc) is 2.82. The molecule has 0 saturated carbocycles. The highest BCUT2D eigenvalue weighted by Crippen LogP contribution is 2.35. The second kappa shape index (κ2) is 5.65. The minimum Gasteiger partial charge on any atom is -0.375 e. The van der Waals surface area contributed by atoms with Crippen LogP contribution in [0.25, 0.3) is 0 Å². The lowest BCUT2D eigenvalue weighted by Crippen LogP contribution is -2.46. The summed E-state index contributed by atoms with van der Waals surface area (Å²) in [6.45, 7) is 8.55. The monoisotopic (exact) mass is 269 g/mol. The largest absolute Gasteiger partial charge is 0.375 e. The van der Waals surface area contributed by atoms with Crippen LogP contribution in [0.2, 0.25) is 0 Å². The zero-order valence-electron chi connectivity index (χ0n) is 11.5. The molecule has 1 aromatic heterocycles. The Labute approximate surface area is 113 Å². The molecule has 0 bridgehead atoms. The van der Waals surface area contributed by atoms with Crippen LogP contribution in [-0.2, 0) is 11.2 Å². The molecule has 1 aromatic rings. The number of nitrogens with zero attached hydrogens (tertiary/aromatic N) is 1. The lowest BCUT2D eigenvalue weighted by molar-refractivity contribution is 0.0476. The van der Waals surface area contributed by atoms with E-state index in [9.17, 15) is 0 Å². The highest BCUT2D eigenvalue weighted by Gasteiger charge is 2.41. The highest BCUT2D eigenvalue weighted by atomic mass is 32.1. The molecule has 0 amide bonds. The summed E-state index contributed by atoms with van der Waals surface area (Å²) in [5.74, 6) is 6.70. The third-order valence-electron chi connectivity index (χ3n) is 4.06. The van der Waals surface area contributed by atoms with E-state index in [0.717, 1.165) is 17.1 Å². The van der Waals surface area contributed by atoms with Crippen molar-refractivity contribution in [2.24, 2.45) is 17.7 Å². The van der Waals surface area contributed by atoms with Gasteiger partial charge in [-0.15, -0.1) is 11.3 Å². The molecule has 0 aliphatic carbocycles. The fourth-order valence-electron chi connectivity index (χ4n) is 2.98. The molecule has 102 valence electrons. The van der Waals surface area contributed by atoms with Crippen LogP contribution < -0.4 is 11.3 Å². The number of nitrogens with two attached hydrogens (primary N) is 1. The third kappa shape index (κ3) is 2.74. The van der Waals surface area contributed by atoms with E-state index in [-0.39, 0.29) is 12.1 Å². The van der Waals surface area contributed by atoms with E-state index < -0.39 is 0 Å². The molecule has 5 atom stereocenters. The summed E-state index contributed by atoms with van der Waals surface area (Å²) in [5.41, 5.74) is 4.06. The fraction of sp³-hybridized carbons (Fsp3) is 0.769. The molecule has 3 N–H and O–H groups in total. The number of thiazole rings is 1. The molecule has 0 aromatic carbocycles. The minimum atomic E-state index is 0.227. The molecule has 1 fully saturated rings. The van der Waals surface area contributed by atoms with Gasteiger partial charge in [0.15, 0.2) is 0 Å². The topological polar surface area (TPSA) is 60.2 Å². The van der Waals surface area contributed by atoms with Gasteiger partial charge >= 0.3 is 0 Å². The molecular weight excluding hydrogens is 246 g/mol. The van der Waals surface area contributed by atoms with Crippen molar-refractivity contribution in [2.75, 3.05) is 0 Å². The SMILES string of the molecule is Cc1csc(CC(NN)C2C(C)OC(C)C2C)n1. The second-order valence-corrected chi connectivity index (χ2v) is 6.29. The Hall–Kier alpha value is -0.490. The van der Waals surface area contributed by atoms with E-state index in [4.69, 9.17) is 10.6 Å². The van der Waals surface area contributed by atoms with Gasteiger partial charge in [0.2, 0.25) is 0 Å². The summed E-state index contributed by atoms with van der Waals surface area (Å²) in [5, 5.41) is 3.23. The van der Waals surface area contributed by atoms with Gasteiger partial charge in [-0.25, -0.2) is 4.98 Å². The predicted molar refractivity (Wildman–Crippen MR) is 74.3 cm³/mol. The van der Waals surface area contributed by atoms with Crippen LogP contribution in [0.5, 0.6) is 0 Å². The van der Waals surface area contributed by atoms with Crippen molar-refractivity contribution in [2.45, 2.75) is 52.4 Å². The van der Waals surface area contributed by atoms with E-state index in [1.807, 2.05) is 6.92 Å². The molecule has 4 nitrogen and oxygen atoms in total. The number of aromatic nitrogens is 1. The summed E-state index contributed by atoms with van der Waals surface area (Å²) in [6, 6.07) is 0.227. The summed E-state index contributed by atoms with van der Waals surface area (Å²) in [6.07, 6.45) is 1.43. The summed E-state index contributed by atoms with van der Waals surface area (Å²) >= 11 is 1.71. The Morgan fingerprint density at radius 3 is 2.61 bits per heavy atom. The van der Waals surface area contributed by atoms with E-state index in [1.165, 1.54) is 0 Å². The number of rotatable bonds is 4. The first-order chi connectivity index (χ1) is 8.52. The van der Waals surface area contributed by atoms with Gasteiger partial charge in [0.1, 0.15) is 0 Å². The summed E-state index contributed by atoms with van der Waals surface area (Å²) < 4.78 is 5.90. The maximum Gasteiger partial charge on any atom is 0.0944 e. The second-order valence-electron chi connectivity index (χ2n) is 5.34. The predicted octanol–water partition coefficient (Wildman–Crippen LogP) is 1.89. The standard InChI is InChI=1S/C13H23N3OS/c1-7-6-18-12(15-7)5-11(16-14)13-8(2)9(3)17-10(13)4/h6,8-11,13,16H,5,14H2,1-4H3. The molecule has 2 heterocycles. The molecular formula is C13H23N3OS. The van der Waals surface area contributed by atoms with Crippen molar-refractivity contribution in [1.29, 1.82) is 0 Å². The number of ether oxygens (including phenoxy) is 1. The van der Waals surface area contributed by atoms with Crippen LogP contribution in [0.15, 0.2) is 5.38 Å². The van der Waals surface area contributed by atoms with Crippen LogP contribution in [0.4, 0.5) is 0 Å². The van der Waals surface area contributed by atoms with E-state index >= 15 is 0 Å². The molecule has 5 unspecified atom stereocenters. The number of hydrazine groups is 1. The normalized spacial score (nSPS) is 33.8. The molecule has 0 spiro atoms. The highest BCUT2D eigenvalue weighted by molar-refractivity contribution is 7.09. The van der Waals surface area contributed by atoms with Crippen LogP contribution in [0, 0.1) is 18.8 Å². The van der Waals surface area contributed by atoms with E-state index in [1.54, 1.807) is 11.3 Å². The Morgan fingerprint density at radius 2 is 2.17 bits per heavy atom. The van der Waals surface area contributed by atoms with Crippen LogP contribution in [0.3, 0.4) is 0 Å².